The number of aromatic hydroxyl groups is 1. The maximum absolute atomic E-state index is 13.0. The van der Waals surface area contributed by atoms with Gasteiger partial charge in [-0.3, -0.25) is 4.72 Å². The zero-order valence-corrected chi connectivity index (χ0v) is 25.8. The molecule has 5 rings (SSSR count). The van der Waals surface area contributed by atoms with Gasteiger partial charge in [0.15, 0.2) is 0 Å². The standard InChI is InChI=1S/C35H40N4O4S/c1-2-3-4-5-21-37-35(41)38-29-15-18-32(19-16-29)44(42,43)39-30-13-10-27(11-14-30)26-8-6-25(7-9-26)23-34-33-24-31(40)17-12-28(33)20-22-36-34/h6-19,24,34,36,39-40H,2-5,20-23H2,1H3,(H2,37,38,41). The summed E-state index contributed by atoms with van der Waals surface area (Å²) in [7, 11) is -3.80. The zero-order chi connectivity index (χ0) is 30.9. The Bertz CT molecular complexity index is 1650. The van der Waals surface area contributed by atoms with Gasteiger partial charge in [-0.25, -0.2) is 13.2 Å². The fraction of sp³-hybridized carbons (Fsp3) is 0.286. The van der Waals surface area contributed by atoms with E-state index in [1.54, 1.807) is 30.3 Å². The van der Waals surface area contributed by atoms with Gasteiger partial charge in [0.1, 0.15) is 5.75 Å². The number of nitrogens with one attached hydrogen (secondary N) is 4. The molecule has 44 heavy (non-hydrogen) atoms. The van der Waals surface area contributed by atoms with Crippen LogP contribution >= 0.6 is 0 Å². The molecule has 0 spiro atoms. The lowest BCUT2D eigenvalue weighted by atomic mass is 9.90. The fourth-order valence-electron chi connectivity index (χ4n) is 5.47. The first-order valence-electron chi connectivity index (χ1n) is 15.2. The number of phenols is 1. The number of phenolic OH excluding ortho intramolecular Hbond substituents is 1. The Morgan fingerprint density at radius 1 is 0.864 bits per heavy atom. The SMILES string of the molecule is CCCCCCNC(=O)Nc1ccc(S(=O)(=O)Nc2ccc(-c3ccc(CC4NCCc5ccc(O)cc54)cc3)cc2)cc1. The first kappa shape index (κ1) is 31.1. The van der Waals surface area contributed by atoms with Crippen molar-refractivity contribution in [2.75, 3.05) is 23.1 Å². The first-order chi connectivity index (χ1) is 21.3. The summed E-state index contributed by atoms with van der Waals surface area (Å²) in [4.78, 5) is 12.2. The molecule has 0 aliphatic carbocycles. The highest BCUT2D eigenvalue weighted by Crippen LogP contribution is 2.30. The molecule has 0 saturated heterocycles. The van der Waals surface area contributed by atoms with E-state index in [1.165, 1.54) is 23.3 Å². The van der Waals surface area contributed by atoms with Crippen molar-refractivity contribution in [1.29, 1.82) is 0 Å². The molecule has 5 N–H and O–H groups in total. The van der Waals surface area contributed by atoms with Crippen molar-refractivity contribution in [3.63, 3.8) is 0 Å². The molecule has 0 fully saturated rings. The Kier molecular flexibility index (Phi) is 10.2. The molecular formula is C35H40N4O4S. The van der Waals surface area contributed by atoms with E-state index in [4.69, 9.17) is 0 Å². The highest BCUT2D eigenvalue weighted by molar-refractivity contribution is 7.92. The summed E-state index contributed by atoms with van der Waals surface area (Å²) in [6.45, 7) is 3.66. The maximum atomic E-state index is 13.0. The number of anilines is 2. The van der Waals surface area contributed by atoms with Crippen LogP contribution in [0.25, 0.3) is 11.1 Å². The molecule has 230 valence electrons. The van der Waals surface area contributed by atoms with Crippen LogP contribution in [0.1, 0.15) is 55.3 Å². The average Bonchev–Trinajstić information content (AvgIpc) is 3.02. The normalized spacial score (nSPS) is 14.4. The quantitative estimate of drug-likeness (QED) is 0.111. The van der Waals surface area contributed by atoms with Gasteiger partial charge in [-0.1, -0.05) is 68.7 Å². The molecule has 1 aliphatic rings. The van der Waals surface area contributed by atoms with Crippen LogP contribution in [-0.2, 0) is 22.9 Å². The second-order valence-electron chi connectivity index (χ2n) is 11.2. The van der Waals surface area contributed by atoms with E-state index in [9.17, 15) is 18.3 Å². The summed E-state index contributed by atoms with van der Waals surface area (Å²) in [6.07, 6.45) is 6.07. The molecule has 9 heteroatoms. The van der Waals surface area contributed by atoms with Crippen molar-refractivity contribution in [1.82, 2.24) is 10.6 Å². The van der Waals surface area contributed by atoms with Gasteiger partial charge in [-0.2, -0.15) is 0 Å². The number of unbranched alkanes of at least 4 members (excludes halogenated alkanes) is 3. The Morgan fingerprint density at radius 3 is 2.25 bits per heavy atom. The number of carbonyl (C=O) groups excluding carboxylic acids is 1. The number of carbonyl (C=O) groups is 1. The molecule has 0 saturated carbocycles. The van der Waals surface area contributed by atoms with Gasteiger partial charge >= 0.3 is 6.03 Å². The van der Waals surface area contributed by atoms with E-state index in [1.807, 2.05) is 24.3 Å². The smallest absolute Gasteiger partial charge is 0.319 e. The van der Waals surface area contributed by atoms with Crippen molar-refractivity contribution < 1.29 is 18.3 Å². The summed E-state index contributed by atoms with van der Waals surface area (Å²) in [5.74, 6) is 0.290. The van der Waals surface area contributed by atoms with Crippen LogP contribution in [0.2, 0.25) is 0 Å². The van der Waals surface area contributed by atoms with Gasteiger partial charge in [-0.05, 0) is 102 Å². The van der Waals surface area contributed by atoms with Crippen LogP contribution in [0.15, 0.2) is 95.9 Å². The Labute approximate surface area is 260 Å². The van der Waals surface area contributed by atoms with Gasteiger partial charge in [0.05, 0.1) is 4.90 Å². The number of sulfonamides is 1. The van der Waals surface area contributed by atoms with Crippen LogP contribution in [0.4, 0.5) is 16.2 Å². The lowest BCUT2D eigenvalue weighted by molar-refractivity contribution is 0.252. The predicted molar refractivity (Wildman–Crippen MR) is 177 cm³/mol. The zero-order valence-electron chi connectivity index (χ0n) is 25.0. The van der Waals surface area contributed by atoms with Crippen molar-refractivity contribution in [3.05, 3.63) is 108 Å². The van der Waals surface area contributed by atoms with Crippen molar-refractivity contribution in [3.8, 4) is 16.9 Å². The number of urea groups is 1. The summed E-state index contributed by atoms with van der Waals surface area (Å²) in [5, 5.41) is 19.1. The molecule has 1 aliphatic heterocycles. The maximum Gasteiger partial charge on any atom is 0.319 e. The van der Waals surface area contributed by atoms with E-state index in [2.05, 4.69) is 51.9 Å². The number of benzene rings is 4. The number of fused-ring (bicyclic) bond motifs is 1. The van der Waals surface area contributed by atoms with Crippen LogP contribution < -0.4 is 20.7 Å². The Morgan fingerprint density at radius 2 is 1.55 bits per heavy atom. The van der Waals surface area contributed by atoms with Crippen molar-refractivity contribution in [2.24, 2.45) is 0 Å². The van der Waals surface area contributed by atoms with Gasteiger partial charge in [0, 0.05) is 24.0 Å². The Balaban J connectivity index is 1.15. The van der Waals surface area contributed by atoms with E-state index < -0.39 is 10.0 Å². The third kappa shape index (κ3) is 8.18. The van der Waals surface area contributed by atoms with E-state index in [-0.39, 0.29) is 17.0 Å². The number of amides is 2. The van der Waals surface area contributed by atoms with Crippen LogP contribution in [0.5, 0.6) is 5.75 Å². The summed E-state index contributed by atoms with van der Waals surface area (Å²) in [5.41, 5.74) is 6.61. The third-order valence-electron chi connectivity index (χ3n) is 7.89. The molecular weight excluding hydrogens is 572 g/mol. The van der Waals surface area contributed by atoms with Gasteiger partial charge in [0.2, 0.25) is 0 Å². The molecule has 8 nitrogen and oxygen atoms in total. The number of hydrogen-bond acceptors (Lipinski definition) is 5. The molecule has 2 amide bonds. The highest BCUT2D eigenvalue weighted by atomic mass is 32.2. The summed E-state index contributed by atoms with van der Waals surface area (Å²) >= 11 is 0. The fourth-order valence-corrected chi connectivity index (χ4v) is 6.53. The molecule has 0 aromatic heterocycles. The third-order valence-corrected chi connectivity index (χ3v) is 9.29. The number of rotatable bonds is 12. The molecule has 4 aromatic rings. The molecule has 1 heterocycles. The minimum atomic E-state index is -3.80. The van der Waals surface area contributed by atoms with Crippen LogP contribution in [-0.4, -0.2) is 32.6 Å². The minimum Gasteiger partial charge on any atom is -0.508 e. The second kappa shape index (κ2) is 14.4. The molecule has 0 bridgehead atoms. The van der Waals surface area contributed by atoms with E-state index >= 15 is 0 Å². The van der Waals surface area contributed by atoms with Gasteiger partial charge in [-0.15, -0.1) is 0 Å². The lowest BCUT2D eigenvalue weighted by Gasteiger charge is -2.27. The molecule has 1 atom stereocenters. The second-order valence-corrected chi connectivity index (χ2v) is 12.9. The number of hydrogen-bond donors (Lipinski definition) is 5. The lowest BCUT2D eigenvalue weighted by Crippen LogP contribution is -2.31. The van der Waals surface area contributed by atoms with Crippen molar-refractivity contribution in [2.45, 2.75) is 56.4 Å². The van der Waals surface area contributed by atoms with Gasteiger partial charge < -0.3 is 21.1 Å². The first-order valence-corrected chi connectivity index (χ1v) is 16.7. The monoisotopic (exact) mass is 612 g/mol. The summed E-state index contributed by atoms with van der Waals surface area (Å²) in [6, 6.07) is 27.2. The topological polar surface area (TPSA) is 120 Å². The minimum absolute atomic E-state index is 0.105. The van der Waals surface area contributed by atoms with E-state index in [0.29, 0.717) is 23.7 Å². The molecule has 1 unspecified atom stereocenters. The van der Waals surface area contributed by atoms with Crippen LogP contribution in [0, 0.1) is 0 Å². The summed E-state index contributed by atoms with van der Waals surface area (Å²) < 4.78 is 28.6. The largest absolute Gasteiger partial charge is 0.508 e. The van der Waals surface area contributed by atoms with E-state index in [0.717, 1.165) is 61.8 Å². The van der Waals surface area contributed by atoms with Crippen LogP contribution in [0.3, 0.4) is 0 Å². The van der Waals surface area contributed by atoms with Crippen molar-refractivity contribution >= 4 is 27.4 Å². The predicted octanol–water partition coefficient (Wildman–Crippen LogP) is 6.99. The highest BCUT2D eigenvalue weighted by Gasteiger charge is 2.20. The molecule has 4 aromatic carbocycles. The Hall–Kier alpha value is -4.34. The van der Waals surface area contributed by atoms with Gasteiger partial charge in [0.25, 0.3) is 10.0 Å². The molecule has 0 radical (unpaired) electrons. The average molecular weight is 613 g/mol.